The third-order valence-electron chi connectivity index (χ3n) is 1.82. The number of alkyl halides is 3. The molecule has 2 N–H and O–H groups in total. The van der Waals surface area contributed by atoms with Crippen molar-refractivity contribution < 1.29 is 13.2 Å². The third kappa shape index (κ3) is 1.92. The molecule has 0 aliphatic carbocycles. The lowest BCUT2D eigenvalue weighted by molar-refractivity contribution is -0.137. The van der Waals surface area contributed by atoms with Gasteiger partial charge in [-0.05, 0) is 12.1 Å². The molecule has 0 aliphatic rings. The fraction of sp³-hybridized carbons (Fsp3) is 0.333. The summed E-state index contributed by atoms with van der Waals surface area (Å²) < 4.78 is 37.5. The molecule has 78 valence electrons. The van der Waals surface area contributed by atoms with Crippen LogP contribution in [0.25, 0.3) is 0 Å². The zero-order valence-electron chi connectivity index (χ0n) is 7.89. The van der Waals surface area contributed by atoms with Gasteiger partial charge < -0.3 is 10.6 Å². The van der Waals surface area contributed by atoms with Crippen LogP contribution in [-0.2, 0) is 6.18 Å². The van der Waals surface area contributed by atoms with E-state index in [1.807, 2.05) is 0 Å². The average molecular weight is 204 g/mol. The third-order valence-corrected chi connectivity index (χ3v) is 1.82. The van der Waals surface area contributed by atoms with Crippen LogP contribution in [0, 0.1) is 0 Å². The van der Waals surface area contributed by atoms with Gasteiger partial charge in [-0.15, -0.1) is 0 Å². The maximum atomic E-state index is 12.5. The molecule has 0 unspecified atom stereocenters. The monoisotopic (exact) mass is 204 g/mol. The molecule has 0 spiro atoms. The molecule has 0 bridgehead atoms. The van der Waals surface area contributed by atoms with Crippen LogP contribution in [0.1, 0.15) is 5.56 Å². The van der Waals surface area contributed by atoms with Gasteiger partial charge in [0.05, 0.1) is 16.9 Å². The van der Waals surface area contributed by atoms with E-state index >= 15 is 0 Å². The Morgan fingerprint density at radius 3 is 2.14 bits per heavy atom. The van der Waals surface area contributed by atoms with Gasteiger partial charge in [0.2, 0.25) is 0 Å². The second kappa shape index (κ2) is 3.40. The molecule has 5 heteroatoms. The predicted octanol–water partition coefficient (Wildman–Crippen LogP) is 2.35. The molecule has 0 saturated carbocycles. The number of hydrogen-bond acceptors (Lipinski definition) is 2. The van der Waals surface area contributed by atoms with Crippen molar-refractivity contribution >= 4 is 11.4 Å². The quantitative estimate of drug-likeness (QED) is 0.711. The van der Waals surface area contributed by atoms with E-state index < -0.39 is 11.7 Å². The number of para-hydroxylation sites is 1. The molecule has 0 amide bonds. The van der Waals surface area contributed by atoms with Crippen LogP contribution in [0.4, 0.5) is 24.5 Å². The first-order valence-corrected chi connectivity index (χ1v) is 3.97. The zero-order valence-corrected chi connectivity index (χ0v) is 7.89. The highest BCUT2D eigenvalue weighted by Crippen LogP contribution is 2.38. The molecule has 1 rings (SSSR count). The highest BCUT2D eigenvalue weighted by molar-refractivity contribution is 5.71. The lowest BCUT2D eigenvalue weighted by Crippen LogP contribution is -2.18. The summed E-state index contributed by atoms with van der Waals surface area (Å²) in [4.78, 5) is 1.36. The van der Waals surface area contributed by atoms with Crippen LogP contribution >= 0.6 is 0 Å². The normalized spacial score (nSPS) is 11.5. The van der Waals surface area contributed by atoms with Gasteiger partial charge in [-0.25, -0.2) is 0 Å². The molecule has 1 aromatic rings. The molecular weight excluding hydrogens is 193 g/mol. The van der Waals surface area contributed by atoms with E-state index in [1.165, 1.54) is 31.1 Å². The smallest absolute Gasteiger partial charge is 0.397 e. The highest BCUT2D eigenvalue weighted by atomic mass is 19.4. The van der Waals surface area contributed by atoms with Crippen LogP contribution in [0.3, 0.4) is 0 Å². The van der Waals surface area contributed by atoms with Gasteiger partial charge in [-0.1, -0.05) is 6.07 Å². The first-order chi connectivity index (χ1) is 6.34. The Kier molecular flexibility index (Phi) is 2.59. The predicted molar refractivity (Wildman–Crippen MR) is 50.2 cm³/mol. The van der Waals surface area contributed by atoms with Crippen molar-refractivity contribution in [3.05, 3.63) is 23.8 Å². The van der Waals surface area contributed by atoms with Crippen molar-refractivity contribution in [2.45, 2.75) is 6.18 Å². The average Bonchev–Trinajstić information content (AvgIpc) is 2.01. The minimum Gasteiger partial charge on any atom is -0.397 e. The summed E-state index contributed by atoms with van der Waals surface area (Å²) in [7, 11) is 3.06. The molecule has 0 fully saturated rings. The fourth-order valence-electron chi connectivity index (χ4n) is 1.29. The Balaban J connectivity index is 3.36. The maximum absolute atomic E-state index is 12.5. The van der Waals surface area contributed by atoms with E-state index in [-0.39, 0.29) is 11.4 Å². The largest absolute Gasteiger partial charge is 0.418 e. The standard InChI is InChI=1S/C9H11F3N2/c1-14(2)8-6(9(10,11)12)4-3-5-7(8)13/h3-5H,13H2,1-2H3. The highest BCUT2D eigenvalue weighted by Gasteiger charge is 2.34. The Morgan fingerprint density at radius 1 is 1.21 bits per heavy atom. The van der Waals surface area contributed by atoms with Crippen molar-refractivity contribution in [2.75, 3.05) is 24.7 Å². The summed E-state index contributed by atoms with van der Waals surface area (Å²) in [5, 5.41) is 0. The van der Waals surface area contributed by atoms with Crippen molar-refractivity contribution in [2.24, 2.45) is 0 Å². The van der Waals surface area contributed by atoms with E-state index in [9.17, 15) is 13.2 Å². The minimum atomic E-state index is -4.37. The van der Waals surface area contributed by atoms with E-state index in [0.717, 1.165) is 6.07 Å². The number of hydrogen-bond donors (Lipinski definition) is 1. The van der Waals surface area contributed by atoms with E-state index in [4.69, 9.17) is 5.73 Å². The maximum Gasteiger partial charge on any atom is 0.418 e. The Hall–Kier alpha value is -1.39. The number of nitrogens with zero attached hydrogens (tertiary/aromatic N) is 1. The number of halogens is 3. The molecule has 0 saturated heterocycles. The molecular formula is C9H11F3N2. The molecule has 0 aliphatic heterocycles. The number of rotatable bonds is 1. The van der Waals surface area contributed by atoms with Crippen LogP contribution < -0.4 is 10.6 Å². The Morgan fingerprint density at radius 2 is 1.79 bits per heavy atom. The second-order valence-corrected chi connectivity index (χ2v) is 3.14. The zero-order chi connectivity index (χ0) is 10.9. The van der Waals surface area contributed by atoms with Crippen molar-refractivity contribution in [1.29, 1.82) is 0 Å². The number of nitrogens with two attached hydrogens (primary N) is 1. The molecule has 14 heavy (non-hydrogen) atoms. The lowest BCUT2D eigenvalue weighted by atomic mass is 10.1. The molecule has 2 nitrogen and oxygen atoms in total. The summed E-state index contributed by atoms with van der Waals surface area (Å²) in [5.41, 5.74) is 4.91. The summed E-state index contributed by atoms with van der Waals surface area (Å²) in [5.74, 6) is 0. The number of anilines is 2. The van der Waals surface area contributed by atoms with Gasteiger partial charge in [-0.2, -0.15) is 13.2 Å². The second-order valence-electron chi connectivity index (χ2n) is 3.14. The molecule has 0 atom stereocenters. The summed E-state index contributed by atoms with van der Waals surface area (Å²) in [6.45, 7) is 0. The van der Waals surface area contributed by atoms with E-state index in [2.05, 4.69) is 0 Å². The van der Waals surface area contributed by atoms with Crippen molar-refractivity contribution in [3.8, 4) is 0 Å². The topological polar surface area (TPSA) is 29.3 Å². The van der Waals surface area contributed by atoms with Gasteiger partial charge >= 0.3 is 6.18 Å². The SMILES string of the molecule is CN(C)c1c(N)cccc1C(F)(F)F. The first kappa shape index (κ1) is 10.7. The summed E-state index contributed by atoms with van der Waals surface area (Å²) in [6.07, 6.45) is -4.37. The van der Waals surface area contributed by atoms with Crippen LogP contribution in [0.2, 0.25) is 0 Å². The van der Waals surface area contributed by atoms with Gasteiger partial charge in [0.1, 0.15) is 0 Å². The van der Waals surface area contributed by atoms with Gasteiger partial charge in [0.25, 0.3) is 0 Å². The van der Waals surface area contributed by atoms with E-state index in [1.54, 1.807) is 0 Å². The first-order valence-electron chi connectivity index (χ1n) is 3.97. The van der Waals surface area contributed by atoms with Crippen molar-refractivity contribution in [3.63, 3.8) is 0 Å². The lowest BCUT2D eigenvalue weighted by Gasteiger charge is -2.20. The van der Waals surface area contributed by atoms with Crippen LogP contribution in [-0.4, -0.2) is 14.1 Å². The Bertz CT molecular complexity index is 331. The fourth-order valence-corrected chi connectivity index (χ4v) is 1.29. The Labute approximate surface area is 80.1 Å². The number of benzene rings is 1. The molecule has 0 aromatic heterocycles. The molecule has 0 radical (unpaired) electrons. The van der Waals surface area contributed by atoms with Crippen molar-refractivity contribution in [1.82, 2.24) is 0 Å². The number of nitrogen functional groups attached to an aromatic ring is 1. The van der Waals surface area contributed by atoms with Gasteiger partial charge in [0.15, 0.2) is 0 Å². The van der Waals surface area contributed by atoms with Crippen LogP contribution in [0.15, 0.2) is 18.2 Å². The molecule has 0 heterocycles. The minimum absolute atomic E-state index is 0.0139. The van der Waals surface area contributed by atoms with Crippen LogP contribution in [0.5, 0.6) is 0 Å². The van der Waals surface area contributed by atoms with Gasteiger partial charge in [0, 0.05) is 14.1 Å². The van der Waals surface area contributed by atoms with E-state index in [0.29, 0.717) is 0 Å². The van der Waals surface area contributed by atoms with Gasteiger partial charge in [-0.3, -0.25) is 0 Å². The summed E-state index contributed by atoms with van der Waals surface area (Å²) in [6, 6.07) is 3.77. The molecule has 1 aromatic carbocycles. The summed E-state index contributed by atoms with van der Waals surface area (Å²) >= 11 is 0.